The second-order valence-corrected chi connectivity index (χ2v) is 3.36. The monoisotopic (exact) mass is 219 g/mol. The number of nitrogens with two attached hydrogens (primary N) is 1. The fraction of sp³-hybridized carbons (Fsp3) is 0.333. The lowest BCUT2D eigenvalue weighted by atomic mass is 10.0. The van der Waals surface area contributed by atoms with E-state index in [1.807, 2.05) is 0 Å². The van der Waals surface area contributed by atoms with Crippen LogP contribution in [-0.2, 0) is 0 Å². The number of aliphatic hydroxyl groups is 1. The minimum absolute atomic E-state index is 0.0725. The molecule has 1 aromatic carbocycles. The van der Waals surface area contributed by atoms with Gasteiger partial charge in [-0.1, -0.05) is 11.6 Å². The predicted octanol–water partition coefficient (Wildman–Crippen LogP) is 1.57. The Balaban J connectivity index is 3.00. The van der Waals surface area contributed by atoms with E-state index < -0.39 is 17.6 Å². The number of benzene rings is 1. The molecule has 0 amide bonds. The maximum Gasteiger partial charge on any atom is 0.183 e. The molecule has 1 atom stereocenters. The fourth-order valence-corrected chi connectivity index (χ4v) is 1.34. The van der Waals surface area contributed by atoms with Gasteiger partial charge in [0.1, 0.15) is 0 Å². The van der Waals surface area contributed by atoms with E-state index in [2.05, 4.69) is 0 Å². The standard InChI is InChI=1S/C9H11ClFNO2/c10-6-3-5(7(12)1-2-13)4-8(14)9(6)11/h3-4,7,13-14H,1-2,12H2. The number of hydrogen-bond donors (Lipinski definition) is 3. The summed E-state index contributed by atoms with van der Waals surface area (Å²) >= 11 is 5.51. The highest BCUT2D eigenvalue weighted by Gasteiger charge is 2.12. The highest BCUT2D eigenvalue weighted by molar-refractivity contribution is 6.30. The van der Waals surface area contributed by atoms with Crippen molar-refractivity contribution in [3.05, 3.63) is 28.5 Å². The van der Waals surface area contributed by atoms with Gasteiger partial charge in [-0.15, -0.1) is 0 Å². The number of hydrogen-bond acceptors (Lipinski definition) is 3. The minimum atomic E-state index is -0.855. The molecule has 0 aliphatic carbocycles. The zero-order valence-corrected chi connectivity index (χ0v) is 8.13. The zero-order valence-electron chi connectivity index (χ0n) is 7.37. The van der Waals surface area contributed by atoms with E-state index in [9.17, 15) is 4.39 Å². The van der Waals surface area contributed by atoms with Gasteiger partial charge in [0.05, 0.1) is 5.02 Å². The van der Waals surface area contributed by atoms with Crippen molar-refractivity contribution >= 4 is 11.6 Å². The van der Waals surface area contributed by atoms with Crippen LogP contribution in [0, 0.1) is 5.82 Å². The van der Waals surface area contributed by atoms with E-state index in [1.54, 1.807) is 0 Å². The number of phenols is 1. The third-order valence-corrected chi connectivity index (χ3v) is 2.17. The van der Waals surface area contributed by atoms with Gasteiger partial charge in [-0.2, -0.15) is 0 Å². The third-order valence-electron chi connectivity index (χ3n) is 1.90. The molecular formula is C9H11ClFNO2. The van der Waals surface area contributed by atoms with Gasteiger partial charge >= 0.3 is 0 Å². The topological polar surface area (TPSA) is 66.5 Å². The maximum absolute atomic E-state index is 12.9. The average Bonchev–Trinajstić information content (AvgIpc) is 2.13. The van der Waals surface area contributed by atoms with E-state index in [-0.39, 0.29) is 11.6 Å². The molecule has 4 N–H and O–H groups in total. The molecule has 0 aromatic heterocycles. The van der Waals surface area contributed by atoms with E-state index >= 15 is 0 Å². The quantitative estimate of drug-likeness (QED) is 0.723. The summed E-state index contributed by atoms with van der Waals surface area (Å²) in [6.45, 7) is -0.0725. The van der Waals surface area contributed by atoms with Crippen molar-refractivity contribution in [3.63, 3.8) is 0 Å². The van der Waals surface area contributed by atoms with Crippen molar-refractivity contribution in [1.82, 2.24) is 0 Å². The molecule has 5 heteroatoms. The van der Waals surface area contributed by atoms with Crippen molar-refractivity contribution in [2.75, 3.05) is 6.61 Å². The van der Waals surface area contributed by atoms with Crippen molar-refractivity contribution in [2.24, 2.45) is 5.73 Å². The van der Waals surface area contributed by atoms with E-state index in [4.69, 9.17) is 27.5 Å². The highest BCUT2D eigenvalue weighted by Crippen LogP contribution is 2.28. The Morgan fingerprint density at radius 1 is 1.50 bits per heavy atom. The smallest absolute Gasteiger partial charge is 0.183 e. The van der Waals surface area contributed by atoms with E-state index in [1.165, 1.54) is 12.1 Å². The molecule has 78 valence electrons. The summed E-state index contributed by atoms with van der Waals surface area (Å²) < 4.78 is 12.9. The van der Waals surface area contributed by atoms with Crippen LogP contribution in [0.1, 0.15) is 18.0 Å². The Kier molecular flexibility index (Phi) is 3.69. The summed E-state index contributed by atoms with van der Waals surface area (Å²) in [5, 5.41) is 17.6. The summed E-state index contributed by atoms with van der Waals surface area (Å²) in [5.41, 5.74) is 6.14. The molecule has 3 nitrogen and oxygen atoms in total. The molecule has 0 saturated heterocycles. The molecule has 0 saturated carbocycles. The number of aliphatic hydroxyl groups excluding tert-OH is 1. The van der Waals surface area contributed by atoms with Gasteiger partial charge in [0.2, 0.25) is 0 Å². The summed E-state index contributed by atoms with van der Waals surface area (Å²) in [6.07, 6.45) is 0.335. The molecule has 0 radical (unpaired) electrons. The first-order valence-electron chi connectivity index (χ1n) is 4.10. The Bertz CT molecular complexity index is 310. The Morgan fingerprint density at radius 3 is 2.64 bits per heavy atom. The predicted molar refractivity (Wildman–Crippen MR) is 51.7 cm³/mol. The van der Waals surface area contributed by atoms with Gasteiger partial charge < -0.3 is 15.9 Å². The Labute approximate surface area is 85.9 Å². The van der Waals surface area contributed by atoms with Gasteiger partial charge in [0.15, 0.2) is 11.6 Å². The van der Waals surface area contributed by atoms with Crippen molar-refractivity contribution < 1.29 is 14.6 Å². The number of phenolic OH excluding ortho intramolecular Hbond substituents is 1. The van der Waals surface area contributed by atoms with Crippen LogP contribution in [0.5, 0.6) is 5.75 Å². The molecule has 0 heterocycles. The molecular weight excluding hydrogens is 209 g/mol. The first-order chi connectivity index (χ1) is 6.56. The van der Waals surface area contributed by atoms with Crippen molar-refractivity contribution in [2.45, 2.75) is 12.5 Å². The zero-order chi connectivity index (χ0) is 10.7. The molecule has 14 heavy (non-hydrogen) atoms. The van der Waals surface area contributed by atoms with Crippen LogP contribution in [0.25, 0.3) is 0 Å². The molecule has 0 spiro atoms. The first-order valence-corrected chi connectivity index (χ1v) is 4.48. The third kappa shape index (κ3) is 2.35. The first kappa shape index (κ1) is 11.2. The van der Waals surface area contributed by atoms with Crippen LogP contribution in [0.2, 0.25) is 5.02 Å². The normalized spacial score (nSPS) is 12.9. The lowest BCUT2D eigenvalue weighted by Gasteiger charge is -2.11. The van der Waals surface area contributed by atoms with Crippen LogP contribution in [0.4, 0.5) is 4.39 Å². The van der Waals surface area contributed by atoms with Crippen molar-refractivity contribution in [1.29, 1.82) is 0 Å². The molecule has 1 aromatic rings. The minimum Gasteiger partial charge on any atom is -0.505 e. The Morgan fingerprint density at radius 2 is 2.14 bits per heavy atom. The van der Waals surface area contributed by atoms with Crippen LogP contribution >= 0.6 is 11.6 Å². The van der Waals surface area contributed by atoms with Gasteiger partial charge in [0, 0.05) is 12.6 Å². The molecule has 1 unspecified atom stereocenters. The van der Waals surface area contributed by atoms with Gasteiger partial charge in [0.25, 0.3) is 0 Å². The summed E-state index contributed by atoms with van der Waals surface area (Å²) in [5.74, 6) is -1.38. The lowest BCUT2D eigenvalue weighted by Crippen LogP contribution is -2.12. The second kappa shape index (κ2) is 4.59. The lowest BCUT2D eigenvalue weighted by molar-refractivity contribution is 0.276. The average molecular weight is 220 g/mol. The second-order valence-electron chi connectivity index (χ2n) is 2.95. The van der Waals surface area contributed by atoms with Crippen LogP contribution in [-0.4, -0.2) is 16.8 Å². The van der Waals surface area contributed by atoms with E-state index in [0.29, 0.717) is 12.0 Å². The van der Waals surface area contributed by atoms with Gasteiger partial charge in [-0.3, -0.25) is 0 Å². The van der Waals surface area contributed by atoms with Crippen LogP contribution < -0.4 is 5.73 Å². The molecule has 0 aliphatic rings. The molecule has 0 bridgehead atoms. The molecule has 0 fully saturated rings. The summed E-state index contributed by atoms with van der Waals surface area (Å²) in [6, 6.07) is 2.10. The molecule has 1 rings (SSSR count). The molecule has 0 aliphatic heterocycles. The van der Waals surface area contributed by atoms with Gasteiger partial charge in [-0.05, 0) is 24.1 Å². The fourth-order valence-electron chi connectivity index (χ4n) is 1.11. The summed E-state index contributed by atoms with van der Waals surface area (Å²) in [4.78, 5) is 0. The van der Waals surface area contributed by atoms with Crippen molar-refractivity contribution in [3.8, 4) is 5.75 Å². The van der Waals surface area contributed by atoms with E-state index in [0.717, 1.165) is 0 Å². The van der Waals surface area contributed by atoms with Crippen LogP contribution in [0.3, 0.4) is 0 Å². The van der Waals surface area contributed by atoms with Gasteiger partial charge in [-0.25, -0.2) is 4.39 Å². The number of halogens is 2. The highest BCUT2D eigenvalue weighted by atomic mass is 35.5. The number of aromatic hydroxyl groups is 1. The maximum atomic E-state index is 12.9. The SMILES string of the molecule is NC(CCO)c1cc(O)c(F)c(Cl)c1. The summed E-state index contributed by atoms with van der Waals surface area (Å²) in [7, 11) is 0. The van der Waals surface area contributed by atoms with Crippen LogP contribution in [0.15, 0.2) is 12.1 Å². The Hall–Kier alpha value is -0.840. The number of rotatable bonds is 3. The largest absolute Gasteiger partial charge is 0.505 e.